The maximum atomic E-state index is 11.6. The molecule has 0 aliphatic rings. The summed E-state index contributed by atoms with van der Waals surface area (Å²) in [5.41, 5.74) is 0.578. The van der Waals surface area contributed by atoms with Crippen LogP contribution in [0.2, 0.25) is 0 Å². The fraction of sp³-hybridized carbons (Fsp3) is 0. The highest BCUT2D eigenvalue weighted by atomic mass is 16.2. The van der Waals surface area contributed by atoms with Crippen molar-refractivity contribution in [1.82, 2.24) is 29.9 Å². The van der Waals surface area contributed by atoms with Crippen LogP contribution in [0.25, 0.3) is 22.4 Å². The lowest BCUT2D eigenvalue weighted by molar-refractivity contribution is 1.03. The molecule has 0 amide bonds. The SMILES string of the molecule is O=c1[nH]cc(-c2ncnc3nc[nH]c23)c(=O)[nH]1. The van der Waals surface area contributed by atoms with Gasteiger partial charge < -0.3 is 9.97 Å². The van der Waals surface area contributed by atoms with Crippen molar-refractivity contribution >= 4 is 11.2 Å². The van der Waals surface area contributed by atoms with Crippen LogP contribution >= 0.6 is 0 Å². The summed E-state index contributed by atoms with van der Waals surface area (Å²) in [6, 6.07) is 0. The van der Waals surface area contributed by atoms with Crippen LogP contribution in [0.1, 0.15) is 0 Å². The molecule has 0 aromatic carbocycles. The van der Waals surface area contributed by atoms with E-state index in [4.69, 9.17) is 0 Å². The van der Waals surface area contributed by atoms with Crippen LogP contribution in [0, 0.1) is 0 Å². The third kappa shape index (κ3) is 1.42. The van der Waals surface area contributed by atoms with Gasteiger partial charge in [-0.2, -0.15) is 0 Å². The molecule has 3 heterocycles. The van der Waals surface area contributed by atoms with E-state index in [2.05, 4.69) is 29.9 Å². The summed E-state index contributed by atoms with van der Waals surface area (Å²) in [7, 11) is 0. The zero-order chi connectivity index (χ0) is 11.8. The number of rotatable bonds is 1. The molecule has 17 heavy (non-hydrogen) atoms. The molecule has 0 bridgehead atoms. The van der Waals surface area contributed by atoms with Crippen molar-refractivity contribution < 1.29 is 0 Å². The summed E-state index contributed by atoms with van der Waals surface area (Å²) in [6.07, 6.45) is 4.08. The molecule has 0 radical (unpaired) electrons. The molecular formula is C9H6N6O2. The van der Waals surface area contributed by atoms with Gasteiger partial charge >= 0.3 is 5.69 Å². The fourth-order valence-corrected chi connectivity index (χ4v) is 1.55. The molecule has 3 aromatic rings. The van der Waals surface area contributed by atoms with Crippen molar-refractivity contribution in [3.63, 3.8) is 0 Å². The van der Waals surface area contributed by atoms with Crippen LogP contribution in [0.3, 0.4) is 0 Å². The van der Waals surface area contributed by atoms with E-state index < -0.39 is 11.2 Å². The highest BCUT2D eigenvalue weighted by molar-refractivity contribution is 5.85. The summed E-state index contributed by atoms with van der Waals surface area (Å²) in [4.78, 5) is 41.8. The molecule has 3 N–H and O–H groups in total. The molecule has 8 heteroatoms. The van der Waals surface area contributed by atoms with Crippen molar-refractivity contribution in [3.05, 3.63) is 39.7 Å². The molecule has 0 unspecified atom stereocenters. The third-order valence-electron chi connectivity index (χ3n) is 2.30. The van der Waals surface area contributed by atoms with Crippen LogP contribution in [0.4, 0.5) is 0 Å². The average Bonchev–Trinajstić information content (AvgIpc) is 2.77. The van der Waals surface area contributed by atoms with E-state index in [9.17, 15) is 9.59 Å². The van der Waals surface area contributed by atoms with Gasteiger partial charge in [-0.05, 0) is 0 Å². The van der Waals surface area contributed by atoms with Gasteiger partial charge in [-0.3, -0.25) is 9.78 Å². The van der Waals surface area contributed by atoms with Gasteiger partial charge in [-0.25, -0.2) is 19.7 Å². The van der Waals surface area contributed by atoms with Gasteiger partial charge in [0.05, 0.1) is 11.9 Å². The summed E-state index contributed by atoms with van der Waals surface area (Å²) in [6.45, 7) is 0. The number of fused-ring (bicyclic) bond motifs is 1. The molecule has 8 nitrogen and oxygen atoms in total. The van der Waals surface area contributed by atoms with Crippen molar-refractivity contribution in [2.45, 2.75) is 0 Å². The van der Waals surface area contributed by atoms with Gasteiger partial charge in [0, 0.05) is 6.20 Å². The minimum Gasteiger partial charge on any atom is -0.341 e. The molecule has 0 saturated carbocycles. The van der Waals surface area contributed by atoms with E-state index in [-0.39, 0.29) is 5.56 Å². The average molecular weight is 230 g/mol. The molecule has 0 atom stereocenters. The Bertz CT molecular complexity index is 799. The van der Waals surface area contributed by atoms with Crippen molar-refractivity contribution in [3.8, 4) is 11.3 Å². The van der Waals surface area contributed by atoms with Crippen LogP contribution in [-0.4, -0.2) is 29.9 Å². The number of imidazole rings is 1. The predicted octanol–water partition coefficient (Wildman–Crippen LogP) is -0.603. The Morgan fingerprint density at radius 1 is 1.06 bits per heavy atom. The van der Waals surface area contributed by atoms with Crippen LogP contribution in [0.5, 0.6) is 0 Å². The Hall–Kier alpha value is -2.77. The van der Waals surface area contributed by atoms with E-state index in [1.54, 1.807) is 0 Å². The zero-order valence-corrected chi connectivity index (χ0v) is 8.39. The Kier molecular flexibility index (Phi) is 1.87. The summed E-state index contributed by atoms with van der Waals surface area (Å²) >= 11 is 0. The van der Waals surface area contributed by atoms with Crippen molar-refractivity contribution in [1.29, 1.82) is 0 Å². The van der Waals surface area contributed by atoms with Gasteiger partial charge in [-0.15, -0.1) is 0 Å². The van der Waals surface area contributed by atoms with E-state index >= 15 is 0 Å². The highest BCUT2D eigenvalue weighted by Crippen LogP contribution is 2.18. The molecule has 0 spiro atoms. The van der Waals surface area contributed by atoms with Gasteiger partial charge in [0.25, 0.3) is 5.56 Å². The quantitative estimate of drug-likeness (QED) is 0.515. The van der Waals surface area contributed by atoms with E-state index in [1.165, 1.54) is 18.9 Å². The first-order valence-corrected chi connectivity index (χ1v) is 4.72. The second-order valence-corrected chi connectivity index (χ2v) is 3.31. The van der Waals surface area contributed by atoms with Gasteiger partial charge in [-0.1, -0.05) is 0 Å². The molecular weight excluding hydrogens is 224 g/mol. The van der Waals surface area contributed by atoms with Crippen LogP contribution in [0.15, 0.2) is 28.4 Å². The molecule has 3 rings (SSSR count). The lowest BCUT2D eigenvalue weighted by Crippen LogP contribution is -2.22. The first kappa shape index (κ1) is 9.46. The first-order valence-electron chi connectivity index (χ1n) is 4.72. The van der Waals surface area contributed by atoms with Gasteiger partial charge in [0.1, 0.15) is 17.5 Å². The highest BCUT2D eigenvalue weighted by Gasteiger charge is 2.11. The minimum atomic E-state index is -0.561. The Morgan fingerprint density at radius 2 is 1.94 bits per heavy atom. The number of nitrogens with zero attached hydrogens (tertiary/aromatic N) is 3. The standard InChI is InChI=1S/C9H6N6O2/c16-8-4(1-10-9(17)15-8)5-6-7(13-2-11-5)14-3-12-6/h1-3H,(H2,10,15,16,17)(H,11,12,13,14). The van der Waals surface area contributed by atoms with E-state index in [1.807, 2.05) is 0 Å². The van der Waals surface area contributed by atoms with Crippen LogP contribution in [-0.2, 0) is 0 Å². The van der Waals surface area contributed by atoms with Crippen molar-refractivity contribution in [2.24, 2.45) is 0 Å². The summed E-state index contributed by atoms with van der Waals surface area (Å²) in [5, 5.41) is 0. The number of hydrogen-bond donors (Lipinski definition) is 3. The zero-order valence-electron chi connectivity index (χ0n) is 8.39. The van der Waals surface area contributed by atoms with Gasteiger partial charge in [0.15, 0.2) is 5.65 Å². The topological polar surface area (TPSA) is 120 Å². The molecule has 3 aromatic heterocycles. The number of nitrogens with one attached hydrogen (secondary N) is 3. The molecule has 0 saturated heterocycles. The van der Waals surface area contributed by atoms with E-state index in [0.717, 1.165) is 0 Å². The normalized spacial score (nSPS) is 10.8. The Balaban J connectivity index is 2.38. The lowest BCUT2D eigenvalue weighted by atomic mass is 10.2. The van der Waals surface area contributed by atoms with Gasteiger partial charge in [0.2, 0.25) is 0 Å². The molecule has 0 fully saturated rings. The number of H-pyrrole nitrogens is 3. The number of aromatic amines is 3. The second-order valence-electron chi connectivity index (χ2n) is 3.31. The molecule has 0 aliphatic heterocycles. The van der Waals surface area contributed by atoms with Crippen molar-refractivity contribution in [2.75, 3.05) is 0 Å². The largest absolute Gasteiger partial charge is 0.341 e. The summed E-state index contributed by atoms with van der Waals surface area (Å²) < 4.78 is 0. The smallest absolute Gasteiger partial charge is 0.325 e. The third-order valence-corrected chi connectivity index (χ3v) is 2.30. The number of hydrogen-bond acceptors (Lipinski definition) is 5. The maximum Gasteiger partial charge on any atom is 0.325 e. The second kappa shape index (κ2) is 3.37. The predicted molar refractivity (Wildman–Crippen MR) is 58.4 cm³/mol. The Morgan fingerprint density at radius 3 is 2.76 bits per heavy atom. The van der Waals surface area contributed by atoms with E-state index in [0.29, 0.717) is 16.9 Å². The summed E-state index contributed by atoms with van der Waals surface area (Å²) in [5.74, 6) is 0. The minimum absolute atomic E-state index is 0.251. The number of aromatic nitrogens is 6. The molecule has 0 aliphatic carbocycles. The Labute approximate surface area is 92.8 Å². The molecule has 84 valence electrons. The first-order chi connectivity index (χ1) is 8.25. The van der Waals surface area contributed by atoms with Crippen LogP contribution < -0.4 is 11.2 Å². The maximum absolute atomic E-state index is 11.6. The lowest BCUT2D eigenvalue weighted by Gasteiger charge is -1.99. The fourth-order valence-electron chi connectivity index (χ4n) is 1.55. The monoisotopic (exact) mass is 230 g/mol.